The Labute approximate surface area is 139 Å². The number of aliphatic hydroxyl groups excluding tert-OH is 1. The summed E-state index contributed by atoms with van der Waals surface area (Å²) in [6, 6.07) is 9.52. The number of carbonyl (C=O) groups is 1. The van der Waals surface area contributed by atoms with Crippen LogP contribution in [0.5, 0.6) is 0 Å². The van der Waals surface area contributed by atoms with Gasteiger partial charge in [0.15, 0.2) is 0 Å². The van der Waals surface area contributed by atoms with Gasteiger partial charge < -0.3 is 15.1 Å². The number of β-amino-alcohol motifs (C(OH)–C–C–N with tert-alkyl or cyclic N) is 1. The van der Waals surface area contributed by atoms with Crippen molar-refractivity contribution in [3.8, 4) is 11.4 Å². The van der Waals surface area contributed by atoms with Gasteiger partial charge in [0.05, 0.1) is 19.7 Å². The van der Waals surface area contributed by atoms with Crippen molar-refractivity contribution >= 4 is 5.91 Å². The average molecular weight is 331 g/mol. The Morgan fingerprint density at radius 2 is 2.08 bits per heavy atom. The summed E-state index contributed by atoms with van der Waals surface area (Å²) in [6.07, 6.45) is 1.42. The summed E-state index contributed by atoms with van der Waals surface area (Å²) in [5, 5.41) is 31.6. The molecule has 2 N–H and O–H groups in total. The van der Waals surface area contributed by atoms with Gasteiger partial charge in [-0.2, -0.15) is 4.80 Å². The van der Waals surface area contributed by atoms with Gasteiger partial charge >= 0.3 is 0 Å². The van der Waals surface area contributed by atoms with E-state index in [4.69, 9.17) is 0 Å². The summed E-state index contributed by atoms with van der Waals surface area (Å²) >= 11 is 0. The van der Waals surface area contributed by atoms with E-state index in [1.165, 1.54) is 4.80 Å². The number of nitrogens with zero attached hydrogens (tertiary/aromatic N) is 5. The molecule has 0 aliphatic carbocycles. The van der Waals surface area contributed by atoms with Gasteiger partial charge in [-0.1, -0.05) is 30.3 Å². The van der Waals surface area contributed by atoms with Crippen LogP contribution in [0.2, 0.25) is 0 Å². The molecule has 0 saturated carbocycles. The fraction of sp³-hybridized carbons (Fsp3) is 0.500. The van der Waals surface area contributed by atoms with Crippen LogP contribution in [0, 0.1) is 0 Å². The molecule has 3 rings (SSSR count). The number of aliphatic hydroxyl groups is 2. The van der Waals surface area contributed by atoms with Crippen LogP contribution in [0.1, 0.15) is 19.3 Å². The van der Waals surface area contributed by atoms with E-state index in [1.807, 2.05) is 30.3 Å². The van der Waals surface area contributed by atoms with Crippen LogP contribution < -0.4 is 0 Å². The molecular weight excluding hydrogens is 310 g/mol. The largest absolute Gasteiger partial charge is 0.393 e. The molecule has 1 amide bonds. The zero-order valence-electron chi connectivity index (χ0n) is 13.4. The molecule has 2 heterocycles. The minimum absolute atomic E-state index is 0.0832. The maximum Gasteiger partial charge on any atom is 0.224 e. The molecule has 128 valence electrons. The predicted octanol–water partition coefficient (Wildman–Crippen LogP) is 0.0760. The van der Waals surface area contributed by atoms with Crippen molar-refractivity contribution in [2.24, 2.45) is 0 Å². The molecule has 8 nitrogen and oxygen atoms in total. The Morgan fingerprint density at radius 3 is 2.83 bits per heavy atom. The Hall–Kier alpha value is -2.32. The fourth-order valence-electron chi connectivity index (χ4n) is 2.85. The van der Waals surface area contributed by atoms with E-state index in [2.05, 4.69) is 15.4 Å². The van der Waals surface area contributed by atoms with Gasteiger partial charge in [0.1, 0.15) is 5.60 Å². The topological polar surface area (TPSA) is 104 Å². The first-order valence-electron chi connectivity index (χ1n) is 8.04. The van der Waals surface area contributed by atoms with Crippen molar-refractivity contribution in [3.05, 3.63) is 30.3 Å². The Kier molecular flexibility index (Phi) is 4.86. The van der Waals surface area contributed by atoms with Gasteiger partial charge in [0.2, 0.25) is 11.7 Å². The van der Waals surface area contributed by atoms with E-state index in [0.29, 0.717) is 31.8 Å². The highest BCUT2D eigenvalue weighted by Gasteiger charge is 2.34. The van der Waals surface area contributed by atoms with Gasteiger partial charge in [-0.15, -0.1) is 10.2 Å². The molecule has 1 atom stereocenters. The number of carbonyl (C=O) groups excluding carboxylic acids is 1. The molecule has 0 radical (unpaired) electrons. The van der Waals surface area contributed by atoms with Crippen molar-refractivity contribution in [1.82, 2.24) is 25.1 Å². The number of hydrogen-bond acceptors (Lipinski definition) is 6. The first-order chi connectivity index (χ1) is 11.6. The molecular formula is C16H21N5O3. The van der Waals surface area contributed by atoms with Crippen LogP contribution in [-0.4, -0.2) is 66.5 Å². The number of rotatable bonds is 5. The van der Waals surface area contributed by atoms with E-state index in [9.17, 15) is 15.0 Å². The number of aryl methyl sites for hydroxylation is 1. The van der Waals surface area contributed by atoms with Gasteiger partial charge in [-0.25, -0.2) is 0 Å². The number of benzene rings is 1. The Bertz CT molecular complexity index is 690. The van der Waals surface area contributed by atoms with E-state index >= 15 is 0 Å². The summed E-state index contributed by atoms with van der Waals surface area (Å²) in [6.45, 7) is 0.762. The molecule has 1 aromatic carbocycles. The van der Waals surface area contributed by atoms with Crippen LogP contribution in [0.3, 0.4) is 0 Å². The molecule has 24 heavy (non-hydrogen) atoms. The highest BCUT2D eigenvalue weighted by Crippen LogP contribution is 2.21. The van der Waals surface area contributed by atoms with E-state index in [0.717, 1.165) is 5.56 Å². The second kappa shape index (κ2) is 7.06. The van der Waals surface area contributed by atoms with Gasteiger partial charge in [-0.3, -0.25) is 4.79 Å². The third kappa shape index (κ3) is 3.77. The maximum absolute atomic E-state index is 12.3. The van der Waals surface area contributed by atoms with Crippen LogP contribution in [-0.2, 0) is 11.3 Å². The van der Waals surface area contributed by atoms with Crippen molar-refractivity contribution in [3.63, 3.8) is 0 Å². The summed E-state index contributed by atoms with van der Waals surface area (Å²) < 4.78 is 0. The third-order valence-electron chi connectivity index (χ3n) is 4.21. The monoisotopic (exact) mass is 331 g/mol. The zero-order chi connectivity index (χ0) is 17.0. The van der Waals surface area contributed by atoms with Crippen molar-refractivity contribution < 1.29 is 15.0 Å². The van der Waals surface area contributed by atoms with E-state index < -0.39 is 5.60 Å². The first-order valence-corrected chi connectivity index (χ1v) is 8.04. The summed E-state index contributed by atoms with van der Waals surface area (Å²) in [7, 11) is 0. The minimum atomic E-state index is -1.18. The number of likely N-dealkylation sites (tertiary alicyclic amines) is 1. The molecule has 2 aromatic rings. The minimum Gasteiger partial charge on any atom is -0.393 e. The number of tetrazole rings is 1. The lowest BCUT2D eigenvalue weighted by Gasteiger charge is -2.38. The van der Waals surface area contributed by atoms with E-state index in [1.54, 1.807) is 4.90 Å². The lowest BCUT2D eigenvalue weighted by atomic mass is 9.93. The molecule has 1 saturated heterocycles. The van der Waals surface area contributed by atoms with Gasteiger partial charge in [0.25, 0.3) is 0 Å². The second-order valence-corrected chi connectivity index (χ2v) is 6.13. The first kappa shape index (κ1) is 16.5. The van der Waals surface area contributed by atoms with Gasteiger partial charge in [0, 0.05) is 18.5 Å². The Morgan fingerprint density at radius 1 is 1.29 bits per heavy atom. The normalized spacial score (nSPS) is 21.0. The van der Waals surface area contributed by atoms with Gasteiger partial charge in [-0.05, 0) is 18.1 Å². The highest BCUT2D eigenvalue weighted by molar-refractivity contribution is 5.76. The van der Waals surface area contributed by atoms with Crippen molar-refractivity contribution in [2.45, 2.75) is 31.4 Å². The molecule has 1 aliphatic heterocycles. The second-order valence-electron chi connectivity index (χ2n) is 6.13. The molecule has 1 aliphatic rings. The molecule has 0 bridgehead atoms. The Balaban J connectivity index is 1.56. The van der Waals surface area contributed by atoms with Crippen molar-refractivity contribution in [2.75, 3.05) is 19.7 Å². The number of piperidine rings is 1. The number of hydrogen-bond donors (Lipinski definition) is 2. The lowest BCUT2D eigenvalue weighted by molar-refractivity contribution is -0.141. The molecule has 8 heteroatoms. The molecule has 1 fully saturated rings. The third-order valence-corrected chi connectivity index (χ3v) is 4.21. The summed E-state index contributed by atoms with van der Waals surface area (Å²) in [5.41, 5.74) is -0.306. The predicted molar refractivity (Wildman–Crippen MR) is 85.7 cm³/mol. The smallest absolute Gasteiger partial charge is 0.224 e. The zero-order valence-corrected chi connectivity index (χ0v) is 13.4. The highest BCUT2D eigenvalue weighted by atomic mass is 16.3. The number of aromatic nitrogens is 4. The van der Waals surface area contributed by atoms with Crippen molar-refractivity contribution in [1.29, 1.82) is 0 Å². The summed E-state index contributed by atoms with van der Waals surface area (Å²) in [5.74, 6) is 0.441. The average Bonchev–Trinajstić information content (AvgIpc) is 3.09. The quantitative estimate of drug-likeness (QED) is 0.804. The van der Waals surface area contributed by atoms with Crippen LogP contribution in [0.15, 0.2) is 30.3 Å². The SMILES string of the molecule is O=C(CCn1nnc(-c2ccccc2)n1)N1CCC[C@@](O)(CO)C1. The lowest BCUT2D eigenvalue weighted by Crippen LogP contribution is -2.52. The van der Waals surface area contributed by atoms with Crippen LogP contribution in [0.25, 0.3) is 11.4 Å². The van der Waals surface area contributed by atoms with Crippen LogP contribution in [0.4, 0.5) is 0 Å². The molecule has 0 spiro atoms. The van der Waals surface area contributed by atoms with E-state index in [-0.39, 0.29) is 25.5 Å². The standard InChI is InChI=1S/C16H21N5O3/c22-12-16(24)8-4-9-20(11-16)14(23)7-10-21-18-15(17-19-21)13-5-2-1-3-6-13/h1-3,5-6,22,24H,4,7-12H2/t16-/m0/s1. The van der Waals surface area contributed by atoms with Crippen LogP contribution >= 0.6 is 0 Å². The molecule has 0 unspecified atom stereocenters. The maximum atomic E-state index is 12.3. The summed E-state index contributed by atoms with van der Waals surface area (Å²) in [4.78, 5) is 15.3. The molecule has 1 aromatic heterocycles. The number of amides is 1. The fourth-order valence-corrected chi connectivity index (χ4v) is 2.85.